The summed E-state index contributed by atoms with van der Waals surface area (Å²) in [5, 5.41) is 3.25. The van der Waals surface area contributed by atoms with Crippen LogP contribution in [0.4, 0.5) is 5.69 Å². The highest BCUT2D eigenvalue weighted by Gasteiger charge is 2.34. The van der Waals surface area contributed by atoms with Crippen LogP contribution in [0.25, 0.3) is 11.1 Å². The van der Waals surface area contributed by atoms with Gasteiger partial charge < -0.3 is 19.7 Å². The summed E-state index contributed by atoms with van der Waals surface area (Å²) in [4.78, 5) is 30.3. The highest BCUT2D eigenvalue weighted by molar-refractivity contribution is 6.03. The van der Waals surface area contributed by atoms with Gasteiger partial charge in [-0.15, -0.1) is 0 Å². The summed E-state index contributed by atoms with van der Waals surface area (Å²) < 4.78 is 10.9. The van der Waals surface area contributed by atoms with Gasteiger partial charge in [0.2, 0.25) is 5.91 Å². The fraction of sp³-hybridized carbons (Fsp3) is 0.333. The molecule has 1 fully saturated rings. The molecule has 1 N–H and O–H groups in total. The van der Waals surface area contributed by atoms with Crippen molar-refractivity contribution >= 4 is 17.5 Å². The van der Waals surface area contributed by atoms with E-state index in [1.807, 2.05) is 18.2 Å². The summed E-state index contributed by atoms with van der Waals surface area (Å²) in [6, 6.07) is 23.0. The quantitative estimate of drug-likeness (QED) is 0.497. The number of fused-ring (bicyclic) bond motifs is 1. The van der Waals surface area contributed by atoms with Gasteiger partial charge in [-0.2, -0.15) is 0 Å². The number of hydrogen-bond acceptors (Lipinski definition) is 5. The Morgan fingerprint density at radius 1 is 1.00 bits per heavy atom. The topological polar surface area (TPSA) is 71.1 Å². The second-order valence-electron chi connectivity index (χ2n) is 9.62. The summed E-state index contributed by atoms with van der Waals surface area (Å²) in [6.07, 6.45) is 2.35. The third-order valence-corrected chi connectivity index (χ3v) is 7.19. The predicted octanol–water partition coefficient (Wildman–Crippen LogP) is 4.43. The number of likely N-dealkylation sites (tertiary alicyclic amines) is 1. The fourth-order valence-electron chi connectivity index (χ4n) is 5.11. The minimum Gasteiger partial charge on any atom is -0.497 e. The van der Waals surface area contributed by atoms with Crippen LogP contribution in [-0.2, 0) is 9.59 Å². The van der Waals surface area contributed by atoms with Gasteiger partial charge in [-0.25, -0.2) is 0 Å². The van der Waals surface area contributed by atoms with E-state index in [0.717, 1.165) is 36.3 Å². The van der Waals surface area contributed by atoms with E-state index < -0.39 is 6.04 Å². The summed E-state index contributed by atoms with van der Waals surface area (Å²) in [7, 11) is 1.58. The minimum absolute atomic E-state index is 0.115. The first-order valence-electron chi connectivity index (χ1n) is 12.8. The van der Waals surface area contributed by atoms with Gasteiger partial charge in [0.15, 0.2) is 6.61 Å². The van der Waals surface area contributed by atoms with E-state index in [0.29, 0.717) is 17.2 Å². The zero-order valence-corrected chi connectivity index (χ0v) is 21.4. The van der Waals surface area contributed by atoms with Crippen LogP contribution in [0, 0.1) is 0 Å². The standard InChI is InChI=1S/C30H33N3O4/c1-21(33-27-15-14-25(36-2)18-28(27)37-20-29(33)34)30(35)31-26(19-32-16-6-7-17-32)24-12-10-23(11-13-24)22-8-4-3-5-9-22/h3-5,8-15,18,21,26H,6-7,16-17,19-20H2,1-2H3,(H,31,35). The highest BCUT2D eigenvalue weighted by atomic mass is 16.5. The number of hydrogen-bond donors (Lipinski definition) is 1. The molecule has 2 atom stereocenters. The molecule has 0 spiro atoms. The number of carbonyl (C=O) groups is 2. The van der Waals surface area contributed by atoms with Crippen LogP contribution < -0.4 is 19.7 Å². The third-order valence-electron chi connectivity index (χ3n) is 7.19. The van der Waals surface area contributed by atoms with Crippen molar-refractivity contribution in [2.24, 2.45) is 0 Å². The zero-order valence-electron chi connectivity index (χ0n) is 21.4. The SMILES string of the molecule is COc1ccc2c(c1)OCC(=O)N2C(C)C(=O)NC(CN1CCCC1)c1ccc(-c2ccccc2)cc1. The van der Waals surface area contributed by atoms with Crippen molar-refractivity contribution in [3.8, 4) is 22.6 Å². The molecule has 5 rings (SSSR count). The van der Waals surface area contributed by atoms with Crippen LogP contribution in [0.5, 0.6) is 11.5 Å². The van der Waals surface area contributed by atoms with E-state index >= 15 is 0 Å². The lowest BCUT2D eigenvalue weighted by molar-refractivity contribution is -0.128. The average molecular weight is 500 g/mol. The molecule has 2 heterocycles. The second kappa shape index (κ2) is 11.0. The Bertz CT molecular complexity index is 1240. The van der Waals surface area contributed by atoms with Gasteiger partial charge in [0.05, 0.1) is 18.8 Å². The maximum Gasteiger partial charge on any atom is 0.265 e. The number of methoxy groups -OCH3 is 1. The number of ether oxygens (including phenoxy) is 2. The molecule has 3 aromatic rings. The van der Waals surface area contributed by atoms with Gasteiger partial charge in [0.25, 0.3) is 5.91 Å². The lowest BCUT2D eigenvalue weighted by atomic mass is 10.00. The molecule has 7 heteroatoms. The Kier molecular flexibility index (Phi) is 7.42. The predicted molar refractivity (Wildman–Crippen MR) is 144 cm³/mol. The molecular formula is C30H33N3O4. The maximum absolute atomic E-state index is 13.6. The second-order valence-corrected chi connectivity index (χ2v) is 9.62. The van der Waals surface area contributed by atoms with E-state index in [1.54, 1.807) is 32.2 Å². The number of nitrogens with zero attached hydrogens (tertiary/aromatic N) is 2. The van der Waals surface area contributed by atoms with Crippen molar-refractivity contribution in [3.05, 3.63) is 78.4 Å². The van der Waals surface area contributed by atoms with Crippen LogP contribution >= 0.6 is 0 Å². The fourth-order valence-corrected chi connectivity index (χ4v) is 5.11. The van der Waals surface area contributed by atoms with Crippen molar-refractivity contribution in [2.45, 2.75) is 31.8 Å². The van der Waals surface area contributed by atoms with Crippen LogP contribution in [0.1, 0.15) is 31.4 Å². The largest absolute Gasteiger partial charge is 0.497 e. The zero-order chi connectivity index (χ0) is 25.8. The Balaban J connectivity index is 1.37. The maximum atomic E-state index is 13.6. The first-order valence-corrected chi connectivity index (χ1v) is 12.8. The van der Waals surface area contributed by atoms with Gasteiger partial charge in [-0.05, 0) is 61.7 Å². The van der Waals surface area contributed by atoms with Gasteiger partial charge in [-0.3, -0.25) is 14.5 Å². The molecule has 37 heavy (non-hydrogen) atoms. The Hall–Kier alpha value is -3.84. The number of amides is 2. The average Bonchev–Trinajstić information content (AvgIpc) is 3.46. The van der Waals surface area contributed by atoms with Gasteiger partial charge in [0, 0.05) is 12.6 Å². The first kappa shape index (κ1) is 24.8. The van der Waals surface area contributed by atoms with Crippen molar-refractivity contribution in [1.29, 1.82) is 0 Å². The van der Waals surface area contributed by atoms with Crippen LogP contribution in [0.2, 0.25) is 0 Å². The molecule has 0 saturated carbocycles. The molecule has 2 amide bonds. The van der Waals surface area contributed by atoms with E-state index in [2.05, 4.69) is 46.6 Å². The lowest BCUT2D eigenvalue weighted by Crippen LogP contribution is -2.52. The molecule has 3 aromatic carbocycles. The molecule has 0 aliphatic carbocycles. The number of rotatable bonds is 8. The molecule has 0 aromatic heterocycles. The molecule has 7 nitrogen and oxygen atoms in total. The molecule has 2 aliphatic rings. The number of nitrogens with one attached hydrogen (secondary N) is 1. The van der Waals surface area contributed by atoms with Gasteiger partial charge in [-0.1, -0.05) is 54.6 Å². The van der Waals surface area contributed by atoms with Gasteiger partial charge >= 0.3 is 0 Å². The molecule has 0 radical (unpaired) electrons. The summed E-state index contributed by atoms with van der Waals surface area (Å²) in [5.41, 5.74) is 3.91. The minimum atomic E-state index is -0.701. The number of benzene rings is 3. The number of carbonyl (C=O) groups excluding carboxylic acids is 2. The Morgan fingerprint density at radius 3 is 2.41 bits per heavy atom. The molecule has 0 bridgehead atoms. The normalized spacial score (nSPS) is 17.0. The van der Waals surface area contributed by atoms with Gasteiger partial charge in [0.1, 0.15) is 17.5 Å². The molecule has 1 saturated heterocycles. The monoisotopic (exact) mass is 499 g/mol. The van der Waals surface area contributed by atoms with E-state index in [1.165, 1.54) is 17.7 Å². The summed E-state index contributed by atoms with van der Waals surface area (Å²) in [6.45, 7) is 4.43. The van der Waals surface area contributed by atoms with E-state index in [-0.39, 0.29) is 24.5 Å². The first-order chi connectivity index (χ1) is 18.0. The molecule has 2 unspecified atom stereocenters. The van der Waals surface area contributed by atoms with E-state index in [4.69, 9.17) is 9.47 Å². The smallest absolute Gasteiger partial charge is 0.265 e. The Morgan fingerprint density at radius 2 is 1.70 bits per heavy atom. The summed E-state index contributed by atoms with van der Waals surface area (Å²) in [5.74, 6) is 0.718. The van der Waals surface area contributed by atoms with E-state index in [9.17, 15) is 9.59 Å². The third kappa shape index (κ3) is 5.47. The van der Waals surface area contributed by atoms with Crippen LogP contribution in [-0.4, -0.2) is 56.1 Å². The Labute approximate surface area is 218 Å². The highest BCUT2D eigenvalue weighted by Crippen LogP contribution is 2.36. The molecular weight excluding hydrogens is 466 g/mol. The van der Waals surface area contributed by atoms with Crippen molar-refractivity contribution < 1.29 is 19.1 Å². The van der Waals surface area contributed by atoms with Crippen molar-refractivity contribution in [1.82, 2.24) is 10.2 Å². The molecule has 2 aliphatic heterocycles. The van der Waals surface area contributed by atoms with Crippen LogP contribution in [0.3, 0.4) is 0 Å². The lowest BCUT2D eigenvalue weighted by Gasteiger charge is -2.34. The van der Waals surface area contributed by atoms with Crippen molar-refractivity contribution in [3.63, 3.8) is 0 Å². The number of anilines is 1. The summed E-state index contributed by atoms with van der Waals surface area (Å²) >= 11 is 0. The van der Waals surface area contributed by atoms with Crippen LogP contribution in [0.15, 0.2) is 72.8 Å². The van der Waals surface area contributed by atoms with Crippen molar-refractivity contribution in [2.75, 3.05) is 38.3 Å². The molecule has 192 valence electrons.